The summed E-state index contributed by atoms with van der Waals surface area (Å²) in [6.07, 6.45) is 3.85. The van der Waals surface area contributed by atoms with Crippen molar-refractivity contribution < 1.29 is 14.1 Å². The molecule has 0 radical (unpaired) electrons. The first-order valence-electron chi connectivity index (χ1n) is 12.4. The second kappa shape index (κ2) is 10.0. The van der Waals surface area contributed by atoms with E-state index in [4.69, 9.17) is 20.9 Å². The average Bonchev–Trinajstić information content (AvgIpc) is 3.51. The maximum atomic E-state index is 12.6. The Kier molecular flexibility index (Phi) is 6.76. The number of rotatable bonds is 6. The molecule has 11 heteroatoms. The molecule has 1 N–H and O–H groups in total. The third-order valence-electron chi connectivity index (χ3n) is 6.93. The number of benzene rings is 1. The molecule has 1 aliphatic rings. The highest BCUT2D eigenvalue weighted by atomic mass is 35.5. The number of amides is 1. The normalized spacial score (nSPS) is 14.9. The maximum Gasteiger partial charge on any atom is 0.410 e. The molecule has 5 rings (SSSR count). The van der Waals surface area contributed by atoms with Gasteiger partial charge in [-0.3, -0.25) is 4.79 Å². The minimum Gasteiger partial charge on any atom is -0.443 e. The molecular weight excluding hydrogens is 496 g/mol. The van der Waals surface area contributed by atoms with Crippen molar-refractivity contribution in [3.8, 4) is 11.5 Å². The van der Waals surface area contributed by atoms with Crippen molar-refractivity contribution in [2.45, 2.75) is 58.0 Å². The molecule has 1 saturated heterocycles. The number of likely N-dealkylation sites (tertiary alicyclic amines) is 1. The summed E-state index contributed by atoms with van der Waals surface area (Å²) in [6.45, 7) is 6.89. The third-order valence-corrected chi connectivity index (χ3v) is 7.29. The molecule has 194 valence electrons. The van der Waals surface area contributed by atoms with Crippen molar-refractivity contribution in [3.63, 3.8) is 0 Å². The number of aromatic nitrogens is 5. The summed E-state index contributed by atoms with van der Waals surface area (Å²) in [7, 11) is 0. The fourth-order valence-corrected chi connectivity index (χ4v) is 4.64. The Bertz CT molecular complexity index is 1480. The first kappa shape index (κ1) is 25.0. The molecule has 10 nitrogen and oxygen atoms in total. The molecule has 0 spiro atoms. The van der Waals surface area contributed by atoms with Crippen LogP contribution in [0.2, 0.25) is 5.02 Å². The van der Waals surface area contributed by atoms with Crippen molar-refractivity contribution in [2.75, 3.05) is 13.1 Å². The van der Waals surface area contributed by atoms with E-state index in [0.717, 1.165) is 17.7 Å². The van der Waals surface area contributed by atoms with E-state index in [1.54, 1.807) is 21.7 Å². The smallest absolute Gasteiger partial charge is 0.410 e. The van der Waals surface area contributed by atoms with Crippen molar-refractivity contribution in [1.82, 2.24) is 29.6 Å². The third kappa shape index (κ3) is 5.24. The molecule has 0 atom stereocenters. The molecule has 0 unspecified atom stereocenters. The number of halogens is 1. The van der Waals surface area contributed by atoms with Crippen LogP contribution in [0.3, 0.4) is 0 Å². The number of hydrogen-bond donors (Lipinski definition) is 1. The van der Waals surface area contributed by atoms with E-state index in [2.05, 4.69) is 20.2 Å². The lowest BCUT2D eigenvalue weighted by molar-refractivity contribution is 0.00740. The van der Waals surface area contributed by atoms with Gasteiger partial charge >= 0.3 is 6.09 Å². The molecule has 4 aromatic rings. The zero-order valence-electron chi connectivity index (χ0n) is 21.0. The lowest BCUT2D eigenvalue weighted by Crippen LogP contribution is -2.42. The van der Waals surface area contributed by atoms with Gasteiger partial charge in [0.1, 0.15) is 16.8 Å². The van der Waals surface area contributed by atoms with Crippen molar-refractivity contribution in [1.29, 1.82) is 0 Å². The van der Waals surface area contributed by atoms with Gasteiger partial charge in [-0.15, -0.1) is 0 Å². The number of hydrogen-bond acceptors (Lipinski definition) is 7. The van der Waals surface area contributed by atoms with Crippen LogP contribution in [0, 0.1) is 0 Å². The lowest BCUT2D eigenvalue weighted by atomic mass is 9.93. The SMILES string of the molecule is CCC(C)(C)OC(=O)N1CCC(c2cc(=O)[nH]c3c(-c4nc(Cc5ccccc5Cl)no4)cnn23)CC1. The summed E-state index contributed by atoms with van der Waals surface area (Å²) in [5, 5.41) is 9.24. The van der Waals surface area contributed by atoms with Gasteiger partial charge < -0.3 is 19.1 Å². The standard InChI is InChI=1S/C26H29ClN6O4/c1-4-26(2,3)36-25(35)32-11-9-16(10-12-32)20-14-22(34)30-23-18(15-28-33(20)23)24-29-21(31-37-24)13-17-7-5-6-8-19(17)27/h5-8,14-16H,4,9-13H2,1-3H3,(H,30,34). The summed E-state index contributed by atoms with van der Waals surface area (Å²) >= 11 is 6.26. The van der Waals surface area contributed by atoms with Gasteiger partial charge in [0.15, 0.2) is 5.82 Å². The maximum absolute atomic E-state index is 12.6. The predicted molar refractivity (Wildman–Crippen MR) is 138 cm³/mol. The largest absolute Gasteiger partial charge is 0.443 e. The number of ether oxygens (including phenoxy) is 1. The topological polar surface area (TPSA) is 119 Å². The Hall–Kier alpha value is -3.66. The van der Waals surface area contributed by atoms with E-state index in [-0.39, 0.29) is 23.5 Å². The zero-order chi connectivity index (χ0) is 26.2. The first-order chi connectivity index (χ1) is 17.7. The summed E-state index contributed by atoms with van der Waals surface area (Å²) in [5.74, 6) is 0.798. The number of piperidine rings is 1. The number of fused-ring (bicyclic) bond motifs is 1. The van der Waals surface area contributed by atoms with Gasteiger partial charge in [0, 0.05) is 36.5 Å². The van der Waals surface area contributed by atoms with Crippen LogP contribution in [0.15, 0.2) is 45.8 Å². The lowest BCUT2D eigenvalue weighted by Gasteiger charge is -2.34. The second-order valence-corrected chi connectivity index (χ2v) is 10.3. The highest BCUT2D eigenvalue weighted by molar-refractivity contribution is 6.31. The van der Waals surface area contributed by atoms with Crippen LogP contribution in [0.1, 0.15) is 63.0 Å². The van der Waals surface area contributed by atoms with Crippen molar-refractivity contribution in [2.24, 2.45) is 0 Å². The number of nitrogens with one attached hydrogen (secondary N) is 1. The number of carbonyl (C=O) groups is 1. The summed E-state index contributed by atoms with van der Waals surface area (Å²) in [5.41, 5.74) is 1.96. The van der Waals surface area contributed by atoms with Gasteiger partial charge in [-0.1, -0.05) is 41.9 Å². The van der Waals surface area contributed by atoms with E-state index in [1.807, 2.05) is 45.0 Å². The molecule has 0 bridgehead atoms. The number of carbonyl (C=O) groups excluding carboxylic acids is 1. The molecular formula is C26H29ClN6O4. The number of nitrogens with zero attached hydrogens (tertiary/aromatic N) is 5. The van der Waals surface area contributed by atoms with Gasteiger partial charge in [0.2, 0.25) is 0 Å². The van der Waals surface area contributed by atoms with Gasteiger partial charge in [0.05, 0.1) is 11.9 Å². The summed E-state index contributed by atoms with van der Waals surface area (Å²) < 4.78 is 12.9. The van der Waals surface area contributed by atoms with Crippen LogP contribution in [-0.2, 0) is 11.2 Å². The summed E-state index contributed by atoms with van der Waals surface area (Å²) in [4.78, 5) is 34.3. The Morgan fingerprint density at radius 1 is 1.27 bits per heavy atom. The number of aromatic amines is 1. The highest BCUT2D eigenvalue weighted by Crippen LogP contribution is 2.30. The molecule has 37 heavy (non-hydrogen) atoms. The molecule has 1 fully saturated rings. The van der Waals surface area contributed by atoms with Gasteiger partial charge in [-0.05, 0) is 44.7 Å². The second-order valence-electron chi connectivity index (χ2n) is 9.90. The molecule has 1 amide bonds. The van der Waals surface area contributed by atoms with Gasteiger partial charge in [0.25, 0.3) is 11.4 Å². The Morgan fingerprint density at radius 2 is 2.03 bits per heavy atom. The monoisotopic (exact) mass is 524 g/mol. The predicted octanol–water partition coefficient (Wildman–Crippen LogP) is 4.82. The molecule has 1 aliphatic heterocycles. The van der Waals surface area contributed by atoms with E-state index >= 15 is 0 Å². The van der Waals surface area contributed by atoms with E-state index in [0.29, 0.717) is 54.4 Å². The molecule has 4 heterocycles. The minimum atomic E-state index is -0.500. The molecule has 3 aromatic heterocycles. The van der Waals surface area contributed by atoms with Crippen LogP contribution in [0.5, 0.6) is 0 Å². The fraction of sp³-hybridized carbons (Fsp3) is 0.423. The quantitative estimate of drug-likeness (QED) is 0.384. The highest BCUT2D eigenvalue weighted by Gasteiger charge is 2.30. The van der Waals surface area contributed by atoms with E-state index < -0.39 is 5.60 Å². The average molecular weight is 525 g/mol. The number of H-pyrrole nitrogens is 1. The van der Waals surface area contributed by atoms with Crippen molar-refractivity contribution in [3.05, 3.63) is 69.0 Å². The molecule has 0 saturated carbocycles. The van der Waals surface area contributed by atoms with Gasteiger partial charge in [-0.2, -0.15) is 10.1 Å². The van der Waals surface area contributed by atoms with Crippen molar-refractivity contribution >= 4 is 23.3 Å². The van der Waals surface area contributed by atoms with E-state index in [9.17, 15) is 9.59 Å². The first-order valence-corrected chi connectivity index (χ1v) is 12.8. The zero-order valence-corrected chi connectivity index (χ0v) is 21.8. The van der Waals surface area contributed by atoms with E-state index in [1.165, 1.54) is 0 Å². The van der Waals surface area contributed by atoms with Crippen LogP contribution in [0.4, 0.5) is 4.79 Å². The van der Waals surface area contributed by atoms with Crippen LogP contribution >= 0.6 is 11.6 Å². The van der Waals surface area contributed by atoms with Crippen LogP contribution in [-0.4, -0.2) is 54.4 Å². The molecule has 1 aromatic carbocycles. The van der Waals surface area contributed by atoms with Crippen LogP contribution in [0.25, 0.3) is 17.1 Å². The Morgan fingerprint density at radius 3 is 2.76 bits per heavy atom. The Labute approximate surface area is 218 Å². The fourth-order valence-electron chi connectivity index (χ4n) is 4.44. The summed E-state index contributed by atoms with van der Waals surface area (Å²) in [6, 6.07) is 9.06. The molecule has 0 aliphatic carbocycles. The van der Waals surface area contributed by atoms with Crippen LogP contribution < -0.4 is 5.56 Å². The Balaban J connectivity index is 1.35. The minimum absolute atomic E-state index is 0.0549. The van der Waals surface area contributed by atoms with Gasteiger partial charge in [-0.25, -0.2) is 9.31 Å².